The average molecular weight is 402 g/mol. The van der Waals surface area contributed by atoms with Crippen molar-refractivity contribution in [3.8, 4) is 5.75 Å². The third-order valence-electron chi connectivity index (χ3n) is 5.57. The van der Waals surface area contributed by atoms with E-state index in [1.165, 1.54) is 0 Å². The van der Waals surface area contributed by atoms with Crippen molar-refractivity contribution in [3.05, 3.63) is 29.8 Å². The van der Waals surface area contributed by atoms with E-state index in [1.807, 2.05) is 25.1 Å². The first-order valence-electron chi connectivity index (χ1n) is 10.2. The molecule has 1 spiro atoms. The van der Waals surface area contributed by atoms with Crippen molar-refractivity contribution in [2.24, 2.45) is 11.3 Å². The highest BCUT2D eigenvalue weighted by Crippen LogP contribution is 2.46. The van der Waals surface area contributed by atoms with E-state index in [0.717, 1.165) is 16.9 Å². The van der Waals surface area contributed by atoms with Crippen LogP contribution in [0.5, 0.6) is 5.75 Å². The fourth-order valence-electron chi connectivity index (χ4n) is 4.90. The summed E-state index contributed by atoms with van der Waals surface area (Å²) in [4.78, 5) is 38.9. The van der Waals surface area contributed by atoms with Gasteiger partial charge >= 0.3 is 12.0 Å². The molecule has 2 unspecified atom stereocenters. The topological polar surface area (TPSA) is 84.9 Å². The summed E-state index contributed by atoms with van der Waals surface area (Å²) in [6.07, 6.45) is 2.16. The lowest BCUT2D eigenvalue weighted by atomic mass is 9.64. The largest absolute Gasteiger partial charge is 0.493 e. The number of ether oxygens (including phenoxy) is 2. The van der Waals surface area contributed by atoms with Crippen LogP contribution in [0, 0.1) is 11.3 Å². The number of urea groups is 1. The van der Waals surface area contributed by atoms with Gasteiger partial charge in [0, 0.05) is 5.56 Å². The Morgan fingerprint density at radius 2 is 1.97 bits per heavy atom. The Bertz CT molecular complexity index is 806. The Kier molecular flexibility index (Phi) is 5.87. The molecule has 1 aliphatic heterocycles. The van der Waals surface area contributed by atoms with Crippen LogP contribution in [0.25, 0.3) is 0 Å². The predicted octanol–water partition coefficient (Wildman–Crippen LogP) is 3.27. The number of carbonyl (C=O) groups is 3. The fourth-order valence-corrected chi connectivity index (χ4v) is 4.90. The van der Waals surface area contributed by atoms with E-state index in [2.05, 4.69) is 26.1 Å². The second-order valence-corrected chi connectivity index (χ2v) is 8.96. The summed E-state index contributed by atoms with van der Waals surface area (Å²) >= 11 is 0. The van der Waals surface area contributed by atoms with Gasteiger partial charge in [0.15, 0.2) is 0 Å². The number of carbonyl (C=O) groups excluding carboxylic acids is 3. The summed E-state index contributed by atoms with van der Waals surface area (Å²) in [5.74, 6) is 0.00824. The standard InChI is InChI=1S/C22H30N2O5/c1-5-28-17-9-7-6-8-16(17)13-29-18(25)12-24-19(26)22(23-20(24)27)11-15(2)10-21(3,4)14-22/h6-9,15H,5,10-14H2,1-4H3,(H,23,27). The third-order valence-corrected chi connectivity index (χ3v) is 5.57. The van der Waals surface area contributed by atoms with Crippen LogP contribution in [-0.4, -0.2) is 41.5 Å². The third kappa shape index (κ3) is 4.54. The maximum absolute atomic E-state index is 13.1. The molecule has 0 radical (unpaired) electrons. The molecule has 1 heterocycles. The first kappa shape index (κ1) is 21.1. The summed E-state index contributed by atoms with van der Waals surface area (Å²) in [6, 6.07) is 6.77. The number of rotatable bonds is 6. The van der Waals surface area contributed by atoms with Crippen molar-refractivity contribution in [1.29, 1.82) is 0 Å². The molecule has 1 aliphatic carbocycles. The fraction of sp³-hybridized carbons (Fsp3) is 0.591. The minimum atomic E-state index is -0.917. The van der Waals surface area contributed by atoms with Gasteiger partial charge in [0.1, 0.15) is 24.4 Å². The number of benzene rings is 1. The van der Waals surface area contributed by atoms with Gasteiger partial charge in [-0.2, -0.15) is 0 Å². The maximum Gasteiger partial charge on any atom is 0.326 e. The Morgan fingerprint density at radius 3 is 2.66 bits per heavy atom. The zero-order valence-electron chi connectivity index (χ0n) is 17.6. The molecule has 7 nitrogen and oxygen atoms in total. The van der Waals surface area contributed by atoms with E-state index >= 15 is 0 Å². The second kappa shape index (κ2) is 8.05. The second-order valence-electron chi connectivity index (χ2n) is 8.96. The summed E-state index contributed by atoms with van der Waals surface area (Å²) in [5.41, 5.74) is -0.237. The molecule has 3 amide bonds. The van der Waals surface area contributed by atoms with Crippen molar-refractivity contribution in [1.82, 2.24) is 10.2 Å². The monoisotopic (exact) mass is 402 g/mol. The molecule has 2 aliphatic rings. The van der Waals surface area contributed by atoms with Gasteiger partial charge in [-0.15, -0.1) is 0 Å². The van der Waals surface area contributed by atoms with Gasteiger partial charge in [-0.3, -0.25) is 14.5 Å². The van der Waals surface area contributed by atoms with Crippen LogP contribution < -0.4 is 10.1 Å². The summed E-state index contributed by atoms with van der Waals surface area (Å²) in [6.45, 7) is 8.32. The van der Waals surface area contributed by atoms with Gasteiger partial charge < -0.3 is 14.8 Å². The first-order chi connectivity index (χ1) is 13.7. The van der Waals surface area contributed by atoms with Crippen LogP contribution in [0.15, 0.2) is 24.3 Å². The van der Waals surface area contributed by atoms with E-state index in [1.54, 1.807) is 6.07 Å². The quantitative estimate of drug-likeness (QED) is 0.583. The smallest absolute Gasteiger partial charge is 0.326 e. The highest BCUT2D eigenvalue weighted by Gasteiger charge is 2.56. The van der Waals surface area contributed by atoms with E-state index in [9.17, 15) is 14.4 Å². The van der Waals surface area contributed by atoms with Gasteiger partial charge in [0.25, 0.3) is 5.91 Å². The van der Waals surface area contributed by atoms with Crippen molar-refractivity contribution in [2.45, 2.75) is 59.1 Å². The van der Waals surface area contributed by atoms with Crippen LogP contribution >= 0.6 is 0 Å². The molecule has 1 aromatic rings. The van der Waals surface area contributed by atoms with Crippen LogP contribution in [0.3, 0.4) is 0 Å². The normalized spacial score (nSPS) is 25.8. The number of hydrogen-bond acceptors (Lipinski definition) is 5. The number of imide groups is 1. The Hall–Kier alpha value is -2.57. The molecular weight excluding hydrogens is 372 g/mol. The number of nitrogens with zero attached hydrogens (tertiary/aromatic N) is 1. The molecule has 29 heavy (non-hydrogen) atoms. The lowest BCUT2D eigenvalue weighted by Gasteiger charge is -2.43. The van der Waals surface area contributed by atoms with Crippen molar-refractivity contribution >= 4 is 17.9 Å². The molecule has 0 aromatic heterocycles. The molecule has 158 valence electrons. The Balaban J connectivity index is 1.64. The average Bonchev–Trinajstić information content (AvgIpc) is 2.83. The molecular formula is C22H30N2O5. The number of esters is 1. The van der Waals surface area contributed by atoms with Gasteiger partial charge in [-0.25, -0.2) is 4.79 Å². The SMILES string of the molecule is CCOc1ccccc1COC(=O)CN1C(=O)NC2(CC(C)CC(C)(C)C2)C1=O. The molecule has 1 saturated heterocycles. The van der Waals surface area contributed by atoms with Crippen molar-refractivity contribution in [2.75, 3.05) is 13.2 Å². The zero-order chi connectivity index (χ0) is 21.2. The van der Waals surface area contributed by atoms with Crippen LogP contribution in [0.1, 0.15) is 52.5 Å². The highest BCUT2D eigenvalue weighted by molar-refractivity contribution is 6.08. The molecule has 2 fully saturated rings. The van der Waals surface area contributed by atoms with Gasteiger partial charge in [0.2, 0.25) is 0 Å². The maximum atomic E-state index is 13.1. The predicted molar refractivity (Wildman–Crippen MR) is 107 cm³/mol. The summed E-state index contributed by atoms with van der Waals surface area (Å²) in [5, 5.41) is 2.87. The number of nitrogens with one attached hydrogen (secondary N) is 1. The van der Waals surface area contributed by atoms with Crippen LogP contribution in [0.4, 0.5) is 4.79 Å². The molecule has 3 rings (SSSR count). The van der Waals surface area contributed by atoms with E-state index in [4.69, 9.17) is 9.47 Å². The molecule has 1 N–H and O–H groups in total. The summed E-state index contributed by atoms with van der Waals surface area (Å²) < 4.78 is 10.8. The lowest BCUT2D eigenvalue weighted by molar-refractivity contribution is -0.149. The molecule has 1 aromatic carbocycles. The molecule has 1 saturated carbocycles. The van der Waals surface area contributed by atoms with Gasteiger partial charge in [-0.1, -0.05) is 39.0 Å². The van der Waals surface area contributed by atoms with Gasteiger partial charge in [-0.05, 0) is 43.6 Å². The molecule has 2 atom stereocenters. The molecule has 0 bridgehead atoms. The highest BCUT2D eigenvalue weighted by atomic mass is 16.5. The lowest BCUT2D eigenvalue weighted by Crippen LogP contribution is -2.54. The van der Waals surface area contributed by atoms with Crippen molar-refractivity contribution in [3.63, 3.8) is 0 Å². The summed E-state index contributed by atoms with van der Waals surface area (Å²) in [7, 11) is 0. The van der Waals surface area contributed by atoms with Crippen LogP contribution in [-0.2, 0) is 20.9 Å². The minimum Gasteiger partial charge on any atom is -0.493 e. The number of hydrogen-bond donors (Lipinski definition) is 1. The Morgan fingerprint density at radius 1 is 1.24 bits per heavy atom. The zero-order valence-corrected chi connectivity index (χ0v) is 17.6. The van der Waals surface area contributed by atoms with E-state index < -0.39 is 24.1 Å². The Labute approximate surface area is 171 Å². The molecule has 7 heteroatoms. The minimum absolute atomic E-state index is 0.0217. The number of amides is 3. The van der Waals surface area contributed by atoms with Gasteiger partial charge in [0.05, 0.1) is 6.61 Å². The number of para-hydroxylation sites is 1. The van der Waals surface area contributed by atoms with Crippen LogP contribution in [0.2, 0.25) is 0 Å². The first-order valence-corrected chi connectivity index (χ1v) is 10.2. The van der Waals surface area contributed by atoms with E-state index in [0.29, 0.717) is 31.1 Å². The van der Waals surface area contributed by atoms with Crippen molar-refractivity contribution < 1.29 is 23.9 Å². The van der Waals surface area contributed by atoms with E-state index in [-0.39, 0.29) is 17.9 Å².